The monoisotopic (exact) mass is 667 g/mol. The van der Waals surface area contributed by atoms with Crippen LogP contribution < -0.4 is 0 Å². The Bertz CT molecular complexity index is 1800. The molecular formula is C36H28IrN-. The quantitative estimate of drug-likeness (QED) is 0.135. The van der Waals surface area contributed by atoms with E-state index in [2.05, 4.69) is 123 Å². The summed E-state index contributed by atoms with van der Waals surface area (Å²) in [7, 11) is 0. The number of hydrogen-bond donors (Lipinski definition) is 0. The maximum atomic E-state index is 4.77. The Labute approximate surface area is 237 Å². The molecule has 0 saturated carbocycles. The van der Waals surface area contributed by atoms with Gasteiger partial charge >= 0.3 is 0 Å². The fourth-order valence-electron chi connectivity index (χ4n) is 6.46. The van der Waals surface area contributed by atoms with Crippen molar-refractivity contribution in [2.24, 2.45) is 0 Å². The van der Waals surface area contributed by atoms with Crippen LogP contribution in [-0.2, 0) is 25.5 Å². The van der Waals surface area contributed by atoms with Gasteiger partial charge < -0.3 is 4.98 Å². The minimum Gasteiger partial charge on any atom is -0.304 e. The van der Waals surface area contributed by atoms with Gasteiger partial charge in [-0.15, -0.1) is 29.8 Å². The minimum atomic E-state index is 0. The SMILES string of the molecule is CCC1(CC)c2ccccc2-c2ccc(-c3c[c-]c(-c4cc5c(ccc6ccccc65)cn4)cc3)cc21.[Ir]. The second-order valence-electron chi connectivity index (χ2n) is 10.2. The smallest absolute Gasteiger partial charge is 0.0239 e. The molecule has 0 amide bonds. The standard InChI is InChI=1S/C36H28N.Ir/c1-3-36(4-2)33-12-8-7-11-30(33)31-20-19-27(21-34(31)36)24-13-16-26(17-14-24)35-22-32-28(23-37-35)18-15-25-9-5-6-10-29(25)32;/h5-16,18-23H,3-4H2,1-2H3;/q-1;. The Morgan fingerprint density at radius 2 is 1.39 bits per heavy atom. The van der Waals surface area contributed by atoms with Crippen LogP contribution in [0.5, 0.6) is 0 Å². The third kappa shape index (κ3) is 3.67. The summed E-state index contributed by atoms with van der Waals surface area (Å²) in [5, 5.41) is 4.90. The molecule has 1 nitrogen and oxygen atoms in total. The van der Waals surface area contributed by atoms with E-state index in [1.54, 1.807) is 0 Å². The molecule has 38 heavy (non-hydrogen) atoms. The number of fused-ring (bicyclic) bond motifs is 6. The molecule has 0 N–H and O–H groups in total. The summed E-state index contributed by atoms with van der Waals surface area (Å²) in [4.78, 5) is 4.77. The van der Waals surface area contributed by atoms with Crippen LogP contribution in [0.15, 0.2) is 109 Å². The van der Waals surface area contributed by atoms with Crippen LogP contribution in [0.4, 0.5) is 0 Å². The number of pyridine rings is 1. The first-order chi connectivity index (χ1) is 18.2. The number of nitrogens with zero attached hydrogens (tertiary/aromatic N) is 1. The zero-order valence-corrected chi connectivity index (χ0v) is 24.0. The van der Waals surface area contributed by atoms with E-state index < -0.39 is 0 Å². The van der Waals surface area contributed by atoms with Gasteiger partial charge in [0.05, 0.1) is 0 Å². The fourth-order valence-corrected chi connectivity index (χ4v) is 6.46. The molecule has 1 heterocycles. The normalized spacial score (nSPS) is 13.2. The Balaban J connectivity index is 0.00000264. The molecule has 187 valence electrons. The van der Waals surface area contributed by atoms with Gasteiger partial charge in [-0.2, -0.15) is 0 Å². The molecule has 1 aliphatic carbocycles. The Morgan fingerprint density at radius 3 is 2.21 bits per heavy atom. The molecule has 0 spiro atoms. The van der Waals surface area contributed by atoms with E-state index in [4.69, 9.17) is 4.98 Å². The Morgan fingerprint density at radius 1 is 0.658 bits per heavy atom. The maximum Gasteiger partial charge on any atom is 0.0239 e. The van der Waals surface area contributed by atoms with Gasteiger partial charge in [-0.25, -0.2) is 0 Å². The summed E-state index contributed by atoms with van der Waals surface area (Å²) in [6.07, 6.45) is 4.18. The number of rotatable bonds is 4. The molecule has 0 aliphatic heterocycles. The van der Waals surface area contributed by atoms with E-state index in [1.165, 1.54) is 49.5 Å². The summed E-state index contributed by atoms with van der Waals surface area (Å²) >= 11 is 0. The second-order valence-corrected chi connectivity index (χ2v) is 10.2. The van der Waals surface area contributed by atoms with Gasteiger partial charge in [0.25, 0.3) is 0 Å². The van der Waals surface area contributed by atoms with Crippen LogP contribution >= 0.6 is 0 Å². The molecule has 1 radical (unpaired) electrons. The van der Waals surface area contributed by atoms with E-state index >= 15 is 0 Å². The molecule has 0 bridgehead atoms. The molecule has 0 atom stereocenters. The average Bonchev–Trinajstić information content (AvgIpc) is 3.26. The van der Waals surface area contributed by atoms with E-state index in [1.807, 2.05) is 6.20 Å². The van der Waals surface area contributed by atoms with Crippen LogP contribution in [0, 0.1) is 6.07 Å². The van der Waals surface area contributed by atoms with Crippen molar-refractivity contribution in [2.75, 3.05) is 0 Å². The molecule has 0 fully saturated rings. The van der Waals surface area contributed by atoms with E-state index in [0.29, 0.717) is 0 Å². The van der Waals surface area contributed by atoms with E-state index in [-0.39, 0.29) is 25.5 Å². The van der Waals surface area contributed by atoms with Crippen molar-refractivity contribution in [3.05, 3.63) is 127 Å². The van der Waals surface area contributed by atoms with Crippen molar-refractivity contribution < 1.29 is 20.1 Å². The topological polar surface area (TPSA) is 12.9 Å². The van der Waals surface area contributed by atoms with Crippen LogP contribution in [0.25, 0.3) is 55.1 Å². The summed E-state index contributed by atoms with van der Waals surface area (Å²) in [6.45, 7) is 4.65. The molecule has 2 heteroatoms. The average molecular weight is 667 g/mol. The van der Waals surface area contributed by atoms with Gasteiger partial charge in [-0.3, -0.25) is 0 Å². The Kier molecular flexibility index (Phi) is 6.26. The molecule has 0 saturated heterocycles. The number of benzene rings is 5. The van der Waals surface area contributed by atoms with E-state index in [0.717, 1.165) is 29.5 Å². The summed E-state index contributed by atoms with van der Waals surface area (Å²) < 4.78 is 0. The molecule has 7 rings (SSSR count). The number of aromatic nitrogens is 1. The first-order valence-corrected chi connectivity index (χ1v) is 13.3. The van der Waals surface area contributed by atoms with Gasteiger partial charge in [0.1, 0.15) is 0 Å². The Hall–Kier alpha value is -3.58. The van der Waals surface area contributed by atoms with Crippen molar-refractivity contribution in [3.63, 3.8) is 0 Å². The van der Waals surface area contributed by atoms with Crippen LogP contribution in [0.3, 0.4) is 0 Å². The molecule has 1 aliphatic rings. The fraction of sp³-hybridized carbons (Fsp3) is 0.139. The first kappa shape index (κ1) is 24.7. The van der Waals surface area contributed by atoms with Crippen molar-refractivity contribution in [1.82, 2.24) is 4.98 Å². The predicted octanol–water partition coefficient (Wildman–Crippen LogP) is 9.61. The summed E-state index contributed by atoms with van der Waals surface area (Å²) in [5.41, 5.74) is 10.2. The van der Waals surface area contributed by atoms with Crippen LogP contribution in [-0.4, -0.2) is 4.98 Å². The third-order valence-electron chi connectivity index (χ3n) is 8.53. The molecule has 5 aromatic carbocycles. The van der Waals surface area contributed by atoms with Gasteiger partial charge in [-0.05, 0) is 62.3 Å². The second kappa shape index (κ2) is 9.62. The van der Waals surface area contributed by atoms with Crippen molar-refractivity contribution in [1.29, 1.82) is 0 Å². The molecule has 6 aromatic rings. The van der Waals surface area contributed by atoms with Crippen molar-refractivity contribution >= 4 is 21.5 Å². The zero-order valence-electron chi connectivity index (χ0n) is 21.6. The minimum absolute atomic E-state index is 0. The van der Waals surface area contributed by atoms with Crippen molar-refractivity contribution in [3.8, 4) is 33.5 Å². The third-order valence-corrected chi connectivity index (χ3v) is 8.53. The number of hydrogen-bond acceptors (Lipinski definition) is 1. The van der Waals surface area contributed by atoms with Gasteiger partial charge in [0.15, 0.2) is 0 Å². The molecule has 1 aromatic heterocycles. The van der Waals surface area contributed by atoms with Crippen molar-refractivity contribution in [2.45, 2.75) is 32.1 Å². The zero-order chi connectivity index (χ0) is 25.0. The van der Waals surface area contributed by atoms with Crippen LogP contribution in [0.2, 0.25) is 0 Å². The first-order valence-electron chi connectivity index (χ1n) is 13.3. The van der Waals surface area contributed by atoms with Gasteiger partial charge in [0, 0.05) is 31.7 Å². The summed E-state index contributed by atoms with van der Waals surface area (Å²) in [6, 6.07) is 41.0. The summed E-state index contributed by atoms with van der Waals surface area (Å²) in [5.74, 6) is 0. The largest absolute Gasteiger partial charge is 0.304 e. The van der Waals surface area contributed by atoms with E-state index in [9.17, 15) is 0 Å². The predicted molar refractivity (Wildman–Crippen MR) is 156 cm³/mol. The maximum absolute atomic E-state index is 4.77. The molecule has 0 unspecified atom stereocenters. The van der Waals surface area contributed by atoms with Crippen LogP contribution in [0.1, 0.15) is 37.8 Å². The van der Waals surface area contributed by atoms with Gasteiger partial charge in [0.2, 0.25) is 0 Å². The van der Waals surface area contributed by atoms with Gasteiger partial charge in [-0.1, -0.05) is 110 Å². The molecular weight excluding hydrogens is 639 g/mol.